The summed E-state index contributed by atoms with van der Waals surface area (Å²) in [5.74, 6) is 0.0308. The molecular weight excluding hydrogens is 180 g/mol. The van der Waals surface area contributed by atoms with E-state index in [1.807, 2.05) is 0 Å². The Balaban J connectivity index is 1.74. The van der Waals surface area contributed by atoms with Crippen LogP contribution in [0.4, 0.5) is 0 Å². The Labute approximate surface area is 84.2 Å². The largest absolute Gasteiger partial charge is 0.381 e. The molecule has 2 aliphatic rings. The van der Waals surface area contributed by atoms with Gasteiger partial charge in [-0.25, -0.2) is 0 Å². The van der Waals surface area contributed by atoms with Gasteiger partial charge in [-0.15, -0.1) is 0 Å². The molecule has 0 atom stereocenters. The maximum absolute atomic E-state index is 11.7. The van der Waals surface area contributed by atoms with Crippen molar-refractivity contribution in [2.45, 2.75) is 49.8 Å². The number of nitrogens with one attached hydrogen (secondary N) is 1. The Morgan fingerprint density at radius 3 is 2.57 bits per heavy atom. The van der Waals surface area contributed by atoms with E-state index in [1.54, 1.807) is 7.11 Å². The van der Waals surface area contributed by atoms with E-state index >= 15 is 0 Å². The summed E-state index contributed by atoms with van der Waals surface area (Å²) in [5.41, 5.74) is 5.34. The van der Waals surface area contributed by atoms with Crippen LogP contribution in [-0.4, -0.2) is 30.7 Å². The van der Waals surface area contributed by atoms with Crippen LogP contribution in [0.15, 0.2) is 0 Å². The number of nitrogens with two attached hydrogens (primary N) is 1. The van der Waals surface area contributed by atoms with E-state index in [1.165, 1.54) is 0 Å². The highest BCUT2D eigenvalue weighted by molar-refractivity contribution is 5.87. The molecule has 2 rings (SSSR count). The molecule has 0 unspecified atom stereocenters. The van der Waals surface area contributed by atoms with E-state index in [0.29, 0.717) is 6.10 Å². The zero-order valence-corrected chi connectivity index (χ0v) is 8.58. The molecular formula is C10H18N2O2. The molecule has 0 aromatic heterocycles. The normalized spacial score (nSPS) is 34.1. The van der Waals surface area contributed by atoms with Gasteiger partial charge in [0.25, 0.3) is 0 Å². The molecule has 1 amide bonds. The second-order valence-corrected chi connectivity index (χ2v) is 4.51. The molecule has 0 bridgehead atoms. The van der Waals surface area contributed by atoms with E-state index in [2.05, 4.69) is 5.32 Å². The average Bonchev–Trinajstić information content (AvgIpc) is 2.05. The lowest BCUT2D eigenvalue weighted by Gasteiger charge is -2.41. The van der Waals surface area contributed by atoms with Crippen LogP contribution in [0.5, 0.6) is 0 Å². The van der Waals surface area contributed by atoms with E-state index in [0.717, 1.165) is 32.1 Å². The summed E-state index contributed by atoms with van der Waals surface area (Å²) in [4.78, 5) is 11.7. The zero-order chi connectivity index (χ0) is 10.2. The summed E-state index contributed by atoms with van der Waals surface area (Å²) in [7, 11) is 1.71. The number of rotatable bonds is 3. The van der Waals surface area contributed by atoms with E-state index in [4.69, 9.17) is 10.5 Å². The molecule has 14 heavy (non-hydrogen) atoms. The average molecular weight is 198 g/mol. The summed E-state index contributed by atoms with van der Waals surface area (Å²) in [5, 5.41) is 2.98. The lowest BCUT2D eigenvalue weighted by Crippen LogP contribution is -2.62. The molecule has 0 aromatic carbocycles. The summed E-state index contributed by atoms with van der Waals surface area (Å²) in [6.45, 7) is 0. The number of amides is 1. The third kappa shape index (κ3) is 1.64. The standard InChI is InChI=1S/C10H18N2O2/c1-14-8-5-7(6-8)12-9(13)10(11)3-2-4-10/h7-8H,2-6,11H2,1H3,(H,12,13). The fourth-order valence-corrected chi connectivity index (χ4v) is 1.99. The lowest BCUT2D eigenvalue weighted by atomic mass is 9.76. The molecule has 0 spiro atoms. The second-order valence-electron chi connectivity index (χ2n) is 4.51. The summed E-state index contributed by atoms with van der Waals surface area (Å²) < 4.78 is 5.14. The molecule has 4 nitrogen and oxygen atoms in total. The quantitative estimate of drug-likeness (QED) is 0.679. The minimum Gasteiger partial charge on any atom is -0.381 e. The molecule has 0 saturated heterocycles. The van der Waals surface area contributed by atoms with Crippen LogP contribution in [0.3, 0.4) is 0 Å². The van der Waals surface area contributed by atoms with Gasteiger partial charge in [0.05, 0.1) is 11.6 Å². The van der Waals surface area contributed by atoms with Gasteiger partial charge in [-0.05, 0) is 32.1 Å². The van der Waals surface area contributed by atoms with Gasteiger partial charge in [-0.3, -0.25) is 4.79 Å². The van der Waals surface area contributed by atoms with Gasteiger partial charge >= 0.3 is 0 Å². The highest BCUT2D eigenvalue weighted by Crippen LogP contribution is 2.30. The molecule has 0 heterocycles. The van der Waals surface area contributed by atoms with Gasteiger partial charge in [-0.2, -0.15) is 0 Å². The summed E-state index contributed by atoms with van der Waals surface area (Å²) >= 11 is 0. The van der Waals surface area contributed by atoms with Crippen molar-refractivity contribution >= 4 is 5.91 Å². The number of carbonyl (C=O) groups is 1. The molecule has 3 N–H and O–H groups in total. The number of ether oxygens (including phenoxy) is 1. The third-order valence-electron chi connectivity index (χ3n) is 3.46. The van der Waals surface area contributed by atoms with Crippen molar-refractivity contribution in [1.82, 2.24) is 5.32 Å². The molecule has 2 saturated carbocycles. The molecule has 0 aromatic rings. The predicted molar refractivity (Wildman–Crippen MR) is 52.7 cm³/mol. The molecule has 0 radical (unpaired) electrons. The summed E-state index contributed by atoms with van der Waals surface area (Å²) in [6, 6.07) is 0.286. The molecule has 4 heteroatoms. The van der Waals surface area contributed by atoms with Crippen molar-refractivity contribution < 1.29 is 9.53 Å². The van der Waals surface area contributed by atoms with Gasteiger partial charge in [-0.1, -0.05) is 0 Å². The van der Waals surface area contributed by atoms with Crippen LogP contribution in [-0.2, 0) is 9.53 Å². The number of carbonyl (C=O) groups excluding carboxylic acids is 1. The van der Waals surface area contributed by atoms with Gasteiger partial charge in [0.2, 0.25) is 5.91 Å². The zero-order valence-electron chi connectivity index (χ0n) is 8.58. The van der Waals surface area contributed by atoms with Crippen molar-refractivity contribution in [2.75, 3.05) is 7.11 Å². The van der Waals surface area contributed by atoms with Crippen LogP contribution in [0, 0.1) is 0 Å². The predicted octanol–water partition coefficient (Wildman–Crippen LogP) is 0.161. The molecule has 80 valence electrons. The molecule has 2 fully saturated rings. The molecule has 2 aliphatic carbocycles. The highest BCUT2D eigenvalue weighted by atomic mass is 16.5. The first kappa shape index (κ1) is 9.93. The fraction of sp³-hybridized carbons (Fsp3) is 0.900. The Morgan fingerprint density at radius 2 is 2.14 bits per heavy atom. The fourth-order valence-electron chi connectivity index (χ4n) is 1.99. The maximum Gasteiger partial charge on any atom is 0.240 e. The van der Waals surface area contributed by atoms with Crippen molar-refractivity contribution in [2.24, 2.45) is 5.73 Å². The smallest absolute Gasteiger partial charge is 0.240 e. The van der Waals surface area contributed by atoms with Gasteiger partial charge < -0.3 is 15.8 Å². The van der Waals surface area contributed by atoms with Gasteiger partial charge in [0, 0.05) is 13.2 Å². The van der Waals surface area contributed by atoms with E-state index in [-0.39, 0.29) is 11.9 Å². The number of methoxy groups -OCH3 is 1. The van der Waals surface area contributed by atoms with Crippen LogP contribution in [0.1, 0.15) is 32.1 Å². The van der Waals surface area contributed by atoms with E-state index < -0.39 is 5.54 Å². The minimum atomic E-state index is -0.557. The van der Waals surface area contributed by atoms with Crippen molar-refractivity contribution in [1.29, 1.82) is 0 Å². The Hall–Kier alpha value is -0.610. The van der Waals surface area contributed by atoms with Crippen molar-refractivity contribution in [3.8, 4) is 0 Å². The lowest BCUT2D eigenvalue weighted by molar-refractivity contribution is -0.131. The van der Waals surface area contributed by atoms with Crippen LogP contribution < -0.4 is 11.1 Å². The SMILES string of the molecule is COC1CC(NC(=O)C2(N)CCC2)C1. The Morgan fingerprint density at radius 1 is 1.50 bits per heavy atom. The van der Waals surface area contributed by atoms with Crippen molar-refractivity contribution in [3.63, 3.8) is 0 Å². The topological polar surface area (TPSA) is 64.3 Å². The van der Waals surface area contributed by atoms with Crippen molar-refractivity contribution in [3.05, 3.63) is 0 Å². The number of hydrogen-bond donors (Lipinski definition) is 2. The van der Waals surface area contributed by atoms with Gasteiger partial charge in [0.15, 0.2) is 0 Å². The first-order valence-electron chi connectivity index (χ1n) is 5.27. The van der Waals surface area contributed by atoms with Crippen LogP contribution >= 0.6 is 0 Å². The Kier molecular flexibility index (Phi) is 2.49. The maximum atomic E-state index is 11.7. The Bertz CT molecular complexity index is 232. The summed E-state index contributed by atoms with van der Waals surface area (Å²) in [6.07, 6.45) is 4.93. The highest BCUT2D eigenvalue weighted by Gasteiger charge is 2.42. The first-order chi connectivity index (χ1) is 6.64. The second kappa shape index (κ2) is 3.51. The van der Waals surface area contributed by atoms with Gasteiger partial charge in [0.1, 0.15) is 0 Å². The first-order valence-corrected chi connectivity index (χ1v) is 5.27. The van der Waals surface area contributed by atoms with Crippen LogP contribution in [0.2, 0.25) is 0 Å². The monoisotopic (exact) mass is 198 g/mol. The third-order valence-corrected chi connectivity index (χ3v) is 3.46. The van der Waals surface area contributed by atoms with Crippen LogP contribution in [0.25, 0.3) is 0 Å². The number of hydrogen-bond acceptors (Lipinski definition) is 3. The molecule has 0 aliphatic heterocycles. The minimum absolute atomic E-state index is 0.0308. The van der Waals surface area contributed by atoms with E-state index in [9.17, 15) is 4.79 Å².